The number of ether oxygens (including phenoxy) is 1. The highest BCUT2D eigenvalue weighted by molar-refractivity contribution is 5.80. The van der Waals surface area contributed by atoms with Gasteiger partial charge in [0.05, 0.1) is 6.61 Å². The first-order chi connectivity index (χ1) is 7.74. The van der Waals surface area contributed by atoms with E-state index in [-0.39, 0.29) is 12.0 Å². The smallest absolute Gasteiger partial charge is 0.248 e. The van der Waals surface area contributed by atoms with E-state index in [0.29, 0.717) is 12.5 Å². The van der Waals surface area contributed by atoms with Gasteiger partial charge in [-0.1, -0.05) is 13.3 Å². The van der Waals surface area contributed by atoms with Crippen molar-refractivity contribution in [1.82, 2.24) is 10.6 Å². The minimum atomic E-state index is -0.322. The largest absolute Gasteiger partial charge is 0.368 e. The highest BCUT2D eigenvalue weighted by Crippen LogP contribution is 2.08. The second-order valence-corrected chi connectivity index (χ2v) is 4.48. The van der Waals surface area contributed by atoms with E-state index in [1.165, 1.54) is 0 Å². The van der Waals surface area contributed by atoms with E-state index in [1.54, 1.807) is 0 Å². The normalized spacial score (nSPS) is 22.0. The van der Waals surface area contributed by atoms with Gasteiger partial charge in [0.1, 0.15) is 6.10 Å². The molecular weight excluding hydrogens is 204 g/mol. The maximum Gasteiger partial charge on any atom is 0.248 e. The van der Waals surface area contributed by atoms with Crippen LogP contribution in [0.5, 0.6) is 0 Å². The number of rotatable bonds is 7. The number of carbonyl (C=O) groups excluding carboxylic acids is 1. The van der Waals surface area contributed by atoms with Gasteiger partial charge < -0.3 is 15.4 Å². The zero-order valence-electron chi connectivity index (χ0n) is 10.4. The molecule has 1 saturated heterocycles. The van der Waals surface area contributed by atoms with Gasteiger partial charge in [-0.25, -0.2) is 0 Å². The number of unbranched alkanes of at least 4 members (excludes halogenated alkanes) is 1. The minimum absolute atomic E-state index is 0.0133. The molecule has 0 aromatic carbocycles. The molecule has 1 aliphatic rings. The molecule has 1 heterocycles. The number of amides is 1. The molecule has 0 aromatic heterocycles. The van der Waals surface area contributed by atoms with Gasteiger partial charge in [-0.3, -0.25) is 4.79 Å². The van der Waals surface area contributed by atoms with Gasteiger partial charge in [-0.15, -0.1) is 0 Å². The number of hydrogen-bond donors (Lipinski definition) is 2. The van der Waals surface area contributed by atoms with E-state index < -0.39 is 0 Å². The molecule has 1 rings (SSSR count). The Hall–Kier alpha value is -0.610. The Bertz CT molecular complexity index is 203. The SMILES string of the molecule is CCCCNC(=O)C(C)OCC1CCNC1. The molecule has 0 bridgehead atoms. The van der Waals surface area contributed by atoms with Crippen molar-refractivity contribution < 1.29 is 9.53 Å². The summed E-state index contributed by atoms with van der Waals surface area (Å²) < 4.78 is 5.57. The van der Waals surface area contributed by atoms with E-state index in [0.717, 1.165) is 38.9 Å². The molecule has 4 nitrogen and oxygen atoms in total. The molecule has 2 N–H and O–H groups in total. The molecule has 0 spiro atoms. The molecule has 0 saturated carbocycles. The third kappa shape index (κ3) is 4.94. The Morgan fingerprint density at radius 2 is 2.44 bits per heavy atom. The van der Waals surface area contributed by atoms with Crippen molar-refractivity contribution in [3.63, 3.8) is 0 Å². The Balaban J connectivity index is 2.07. The zero-order chi connectivity index (χ0) is 11.8. The molecule has 94 valence electrons. The molecule has 1 amide bonds. The van der Waals surface area contributed by atoms with Crippen molar-refractivity contribution in [2.45, 2.75) is 39.2 Å². The fraction of sp³-hybridized carbons (Fsp3) is 0.917. The quantitative estimate of drug-likeness (QED) is 0.637. The first-order valence-corrected chi connectivity index (χ1v) is 6.34. The lowest BCUT2D eigenvalue weighted by Crippen LogP contribution is -2.36. The number of nitrogens with one attached hydrogen (secondary N) is 2. The Kier molecular flexibility index (Phi) is 6.42. The monoisotopic (exact) mass is 228 g/mol. The Morgan fingerprint density at radius 1 is 1.62 bits per heavy atom. The molecule has 0 aliphatic carbocycles. The third-order valence-electron chi connectivity index (χ3n) is 2.94. The van der Waals surface area contributed by atoms with E-state index in [2.05, 4.69) is 17.6 Å². The first kappa shape index (κ1) is 13.5. The molecule has 1 aliphatic heterocycles. The molecule has 0 radical (unpaired) electrons. The molecule has 1 fully saturated rings. The summed E-state index contributed by atoms with van der Waals surface area (Å²) in [4.78, 5) is 11.6. The van der Waals surface area contributed by atoms with Crippen molar-refractivity contribution >= 4 is 5.91 Å². The first-order valence-electron chi connectivity index (χ1n) is 6.34. The molecule has 0 aromatic rings. The lowest BCUT2D eigenvalue weighted by molar-refractivity contribution is -0.132. The number of carbonyl (C=O) groups is 1. The van der Waals surface area contributed by atoms with Gasteiger partial charge in [0.25, 0.3) is 0 Å². The van der Waals surface area contributed by atoms with Gasteiger partial charge in [0.2, 0.25) is 5.91 Å². The molecule has 16 heavy (non-hydrogen) atoms. The van der Waals surface area contributed by atoms with Crippen molar-refractivity contribution in [2.75, 3.05) is 26.2 Å². The van der Waals surface area contributed by atoms with Crippen LogP contribution < -0.4 is 10.6 Å². The minimum Gasteiger partial charge on any atom is -0.368 e. The van der Waals surface area contributed by atoms with Gasteiger partial charge in [0, 0.05) is 13.1 Å². The van der Waals surface area contributed by atoms with Gasteiger partial charge in [-0.2, -0.15) is 0 Å². The van der Waals surface area contributed by atoms with Crippen LogP contribution >= 0.6 is 0 Å². The summed E-state index contributed by atoms with van der Waals surface area (Å²) in [6.45, 7) is 7.47. The molecule has 4 heteroatoms. The summed E-state index contributed by atoms with van der Waals surface area (Å²) in [6.07, 6.45) is 2.97. The van der Waals surface area contributed by atoms with Crippen molar-refractivity contribution in [1.29, 1.82) is 0 Å². The van der Waals surface area contributed by atoms with Crippen LogP contribution in [0.1, 0.15) is 33.1 Å². The predicted molar refractivity (Wildman–Crippen MR) is 64.3 cm³/mol. The van der Waals surface area contributed by atoms with Gasteiger partial charge in [0.15, 0.2) is 0 Å². The average Bonchev–Trinajstić information content (AvgIpc) is 2.79. The van der Waals surface area contributed by atoms with E-state index in [9.17, 15) is 4.79 Å². The third-order valence-corrected chi connectivity index (χ3v) is 2.94. The molecule has 2 atom stereocenters. The van der Waals surface area contributed by atoms with Gasteiger partial charge >= 0.3 is 0 Å². The fourth-order valence-electron chi connectivity index (χ4n) is 1.74. The highest BCUT2D eigenvalue weighted by atomic mass is 16.5. The van der Waals surface area contributed by atoms with E-state index in [4.69, 9.17) is 4.74 Å². The second-order valence-electron chi connectivity index (χ2n) is 4.48. The van der Waals surface area contributed by atoms with Crippen LogP contribution in [-0.4, -0.2) is 38.3 Å². The van der Waals surface area contributed by atoms with Crippen LogP contribution in [0.3, 0.4) is 0 Å². The standard InChI is InChI=1S/C12H24N2O2/c1-3-4-6-14-12(15)10(2)16-9-11-5-7-13-8-11/h10-11,13H,3-9H2,1-2H3,(H,14,15). The van der Waals surface area contributed by atoms with Gasteiger partial charge in [-0.05, 0) is 32.2 Å². The lowest BCUT2D eigenvalue weighted by atomic mass is 10.1. The summed E-state index contributed by atoms with van der Waals surface area (Å²) in [7, 11) is 0. The van der Waals surface area contributed by atoms with Crippen LogP contribution in [-0.2, 0) is 9.53 Å². The van der Waals surface area contributed by atoms with Crippen molar-refractivity contribution in [2.24, 2.45) is 5.92 Å². The molecule has 2 unspecified atom stereocenters. The lowest BCUT2D eigenvalue weighted by Gasteiger charge is -2.15. The average molecular weight is 228 g/mol. The van der Waals surface area contributed by atoms with Crippen molar-refractivity contribution in [3.05, 3.63) is 0 Å². The summed E-state index contributed by atoms with van der Waals surface area (Å²) in [5.74, 6) is 0.588. The Labute approximate surface area is 98.1 Å². The van der Waals surface area contributed by atoms with E-state index >= 15 is 0 Å². The van der Waals surface area contributed by atoms with E-state index in [1.807, 2.05) is 6.92 Å². The maximum absolute atomic E-state index is 11.6. The summed E-state index contributed by atoms with van der Waals surface area (Å²) >= 11 is 0. The van der Waals surface area contributed by atoms with Crippen LogP contribution in [0.4, 0.5) is 0 Å². The zero-order valence-corrected chi connectivity index (χ0v) is 10.4. The maximum atomic E-state index is 11.6. The second kappa shape index (κ2) is 7.63. The topological polar surface area (TPSA) is 50.4 Å². The van der Waals surface area contributed by atoms with Crippen LogP contribution in [0.15, 0.2) is 0 Å². The van der Waals surface area contributed by atoms with Crippen molar-refractivity contribution in [3.8, 4) is 0 Å². The highest BCUT2D eigenvalue weighted by Gasteiger charge is 2.18. The van der Waals surface area contributed by atoms with Crippen LogP contribution in [0.2, 0.25) is 0 Å². The Morgan fingerprint density at radius 3 is 3.06 bits per heavy atom. The summed E-state index contributed by atoms with van der Waals surface area (Å²) in [5.41, 5.74) is 0. The predicted octanol–water partition coefficient (Wildman–Crippen LogP) is 0.917. The summed E-state index contributed by atoms with van der Waals surface area (Å²) in [6, 6.07) is 0. The van der Waals surface area contributed by atoms with Crippen LogP contribution in [0, 0.1) is 5.92 Å². The molecular formula is C12H24N2O2. The summed E-state index contributed by atoms with van der Waals surface area (Å²) in [5, 5.41) is 6.17. The van der Waals surface area contributed by atoms with Crippen LogP contribution in [0.25, 0.3) is 0 Å². The number of hydrogen-bond acceptors (Lipinski definition) is 3. The fourth-order valence-corrected chi connectivity index (χ4v) is 1.74.